The van der Waals surface area contributed by atoms with Gasteiger partial charge in [0.2, 0.25) is 0 Å². The van der Waals surface area contributed by atoms with Gasteiger partial charge >= 0.3 is 5.97 Å². The zero-order valence-electron chi connectivity index (χ0n) is 21.3. The highest BCUT2D eigenvalue weighted by Gasteiger charge is 2.33. The number of carbonyl (C=O) groups excluding carboxylic acids is 1. The normalized spacial score (nSPS) is 15.1. The molecule has 0 spiro atoms. The number of para-hydroxylation sites is 1. The fourth-order valence-corrected chi connectivity index (χ4v) is 6.46. The van der Waals surface area contributed by atoms with E-state index in [0.29, 0.717) is 36.0 Å². The minimum absolute atomic E-state index is 0.175. The molecule has 10 heteroatoms. The molecule has 206 valence electrons. The van der Waals surface area contributed by atoms with Crippen LogP contribution < -0.4 is 4.74 Å². The number of carboxylic acids is 1. The van der Waals surface area contributed by atoms with E-state index in [0.717, 1.165) is 11.1 Å². The maximum atomic E-state index is 13.6. The van der Waals surface area contributed by atoms with Crippen molar-refractivity contribution in [1.82, 2.24) is 4.90 Å². The van der Waals surface area contributed by atoms with Crippen LogP contribution in [-0.2, 0) is 17.9 Å². The molecule has 41 heavy (non-hydrogen) atoms. The first kappa shape index (κ1) is 28.8. The second-order valence-corrected chi connectivity index (χ2v) is 11.7. The number of carboxylic acid groups (broad SMARTS) is 1. The molecule has 1 amide bonds. The summed E-state index contributed by atoms with van der Waals surface area (Å²) >= 11 is 8.37. The van der Waals surface area contributed by atoms with Crippen LogP contribution in [0.3, 0.4) is 0 Å². The van der Waals surface area contributed by atoms with Gasteiger partial charge in [0, 0.05) is 0 Å². The second kappa shape index (κ2) is 12.8. The van der Waals surface area contributed by atoms with Crippen LogP contribution in [0, 0.1) is 5.82 Å². The van der Waals surface area contributed by atoms with E-state index < -0.39 is 5.97 Å². The van der Waals surface area contributed by atoms with Crippen molar-refractivity contribution >= 4 is 72.4 Å². The Kier molecular flexibility index (Phi) is 9.02. The number of amidine groups is 1. The molecule has 0 radical (unpaired) electrons. The van der Waals surface area contributed by atoms with Crippen LogP contribution in [0.25, 0.3) is 6.08 Å². The number of hydrogen-bond donors (Lipinski definition) is 1. The van der Waals surface area contributed by atoms with E-state index >= 15 is 0 Å². The minimum atomic E-state index is -1.01. The lowest BCUT2D eigenvalue weighted by molar-refractivity contribution is -0.122. The molecule has 4 aromatic carbocycles. The summed E-state index contributed by atoms with van der Waals surface area (Å²) in [6.45, 7) is 0.417. The van der Waals surface area contributed by atoms with Crippen LogP contribution in [0.1, 0.15) is 27.0 Å². The summed E-state index contributed by atoms with van der Waals surface area (Å²) in [7, 11) is 0. The highest BCUT2D eigenvalue weighted by atomic mass is 79.9. The summed E-state index contributed by atoms with van der Waals surface area (Å²) in [5.41, 5.74) is 3.11. The number of benzene rings is 4. The fourth-order valence-electron chi connectivity index (χ4n) is 4.01. The van der Waals surface area contributed by atoms with Crippen LogP contribution in [0.15, 0.2) is 110 Å². The Bertz CT molecular complexity index is 1650. The number of rotatable bonds is 8. The molecule has 1 aliphatic heterocycles. The van der Waals surface area contributed by atoms with Crippen molar-refractivity contribution in [3.05, 3.63) is 133 Å². The van der Waals surface area contributed by atoms with E-state index in [2.05, 4.69) is 31.9 Å². The highest BCUT2D eigenvalue weighted by molar-refractivity contribution is 9.11. The number of thioether (sulfide) groups is 1. The molecule has 1 N–H and O–H groups in total. The third-order valence-corrected chi connectivity index (χ3v) is 8.19. The van der Waals surface area contributed by atoms with Gasteiger partial charge in [-0.3, -0.25) is 9.69 Å². The average molecular weight is 696 g/mol. The van der Waals surface area contributed by atoms with Crippen LogP contribution in [-0.4, -0.2) is 27.1 Å². The van der Waals surface area contributed by atoms with E-state index in [1.165, 1.54) is 36.0 Å². The zero-order valence-corrected chi connectivity index (χ0v) is 25.2. The predicted octanol–water partition coefficient (Wildman–Crippen LogP) is 8.43. The Morgan fingerprint density at radius 3 is 2.32 bits per heavy atom. The van der Waals surface area contributed by atoms with Crippen molar-refractivity contribution in [3.63, 3.8) is 0 Å². The molecule has 0 unspecified atom stereocenters. The summed E-state index contributed by atoms with van der Waals surface area (Å²) in [6, 6.07) is 25.7. The van der Waals surface area contributed by atoms with Crippen molar-refractivity contribution < 1.29 is 23.8 Å². The molecular formula is C31H21Br2FN2O4S. The SMILES string of the molecule is O=C(O)c1ccc(CN2C(=O)/C(=C/c3cc(Br)c(OCc4cccc(F)c4)c(Br)c3)SC2=Nc2ccccc2)cc1. The van der Waals surface area contributed by atoms with Crippen molar-refractivity contribution in [2.75, 3.05) is 0 Å². The number of amides is 1. The van der Waals surface area contributed by atoms with Gasteiger partial charge in [-0.1, -0.05) is 42.5 Å². The Labute approximate surface area is 256 Å². The lowest BCUT2D eigenvalue weighted by Gasteiger charge is -2.16. The Balaban J connectivity index is 1.41. The van der Waals surface area contributed by atoms with Crippen molar-refractivity contribution in [1.29, 1.82) is 0 Å². The number of nitrogens with zero attached hydrogens (tertiary/aromatic N) is 2. The average Bonchev–Trinajstić information content (AvgIpc) is 3.22. The van der Waals surface area contributed by atoms with Gasteiger partial charge in [0.1, 0.15) is 18.2 Å². The molecule has 1 saturated heterocycles. The second-order valence-electron chi connectivity index (χ2n) is 8.97. The van der Waals surface area contributed by atoms with Crippen LogP contribution in [0.4, 0.5) is 10.1 Å². The molecule has 1 aliphatic rings. The van der Waals surface area contributed by atoms with Gasteiger partial charge in [0.05, 0.1) is 31.6 Å². The quantitative estimate of drug-likeness (QED) is 0.187. The fraction of sp³-hybridized carbons (Fsp3) is 0.0645. The molecule has 5 rings (SSSR count). The third kappa shape index (κ3) is 7.13. The van der Waals surface area contributed by atoms with Gasteiger partial charge in [-0.25, -0.2) is 14.2 Å². The predicted molar refractivity (Wildman–Crippen MR) is 166 cm³/mol. The van der Waals surface area contributed by atoms with Crippen LogP contribution in [0.5, 0.6) is 5.75 Å². The first-order chi connectivity index (χ1) is 19.8. The molecule has 0 bridgehead atoms. The minimum Gasteiger partial charge on any atom is -0.487 e. The molecule has 6 nitrogen and oxygen atoms in total. The zero-order chi connectivity index (χ0) is 28.9. The lowest BCUT2D eigenvalue weighted by Crippen LogP contribution is -2.28. The topological polar surface area (TPSA) is 79.2 Å². The molecule has 0 atom stereocenters. The highest BCUT2D eigenvalue weighted by Crippen LogP contribution is 2.39. The van der Waals surface area contributed by atoms with E-state index in [1.54, 1.807) is 35.2 Å². The Morgan fingerprint density at radius 1 is 0.951 bits per heavy atom. The molecule has 0 aromatic heterocycles. The van der Waals surface area contributed by atoms with Crippen molar-refractivity contribution in [2.45, 2.75) is 13.2 Å². The van der Waals surface area contributed by atoms with Crippen LogP contribution in [0.2, 0.25) is 0 Å². The van der Waals surface area contributed by atoms with Crippen molar-refractivity contribution in [2.24, 2.45) is 4.99 Å². The number of hydrogen-bond acceptors (Lipinski definition) is 5. The maximum Gasteiger partial charge on any atom is 0.335 e. The van der Waals surface area contributed by atoms with Gasteiger partial charge < -0.3 is 9.84 Å². The smallest absolute Gasteiger partial charge is 0.335 e. The Hall–Kier alpha value is -3.73. The molecule has 1 fully saturated rings. The van der Waals surface area contributed by atoms with Gasteiger partial charge in [0.15, 0.2) is 5.17 Å². The first-order valence-electron chi connectivity index (χ1n) is 12.3. The maximum absolute atomic E-state index is 13.6. The molecular weight excluding hydrogens is 675 g/mol. The van der Waals surface area contributed by atoms with Crippen LogP contribution >= 0.6 is 43.6 Å². The molecule has 0 aliphatic carbocycles. The first-order valence-corrected chi connectivity index (χ1v) is 14.7. The van der Waals surface area contributed by atoms with Gasteiger partial charge in [0.25, 0.3) is 5.91 Å². The number of carbonyl (C=O) groups is 2. The number of halogens is 3. The number of aromatic carboxylic acids is 1. The summed E-state index contributed by atoms with van der Waals surface area (Å²) in [4.78, 5) is 31.6. The van der Waals surface area contributed by atoms with E-state index in [-0.39, 0.29) is 30.4 Å². The van der Waals surface area contributed by atoms with Crippen molar-refractivity contribution in [3.8, 4) is 5.75 Å². The molecule has 4 aromatic rings. The summed E-state index contributed by atoms with van der Waals surface area (Å²) in [5.74, 6) is -1.000. The van der Waals surface area contributed by atoms with Gasteiger partial charge in [-0.05, 0) is 115 Å². The summed E-state index contributed by atoms with van der Waals surface area (Å²) < 4.78 is 20.8. The largest absolute Gasteiger partial charge is 0.487 e. The van der Waals surface area contributed by atoms with E-state index in [9.17, 15) is 19.1 Å². The van der Waals surface area contributed by atoms with Gasteiger partial charge in [-0.2, -0.15) is 0 Å². The molecule has 1 heterocycles. The van der Waals surface area contributed by atoms with E-state index in [1.807, 2.05) is 42.5 Å². The summed E-state index contributed by atoms with van der Waals surface area (Å²) in [6.07, 6.45) is 1.78. The third-order valence-electron chi connectivity index (χ3n) is 6.00. The molecule has 0 saturated carbocycles. The standard InChI is InChI=1S/C31H21Br2FN2O4S/c32-25-14-21(15-26(33)28(25)40-18-20-5-4-6-23(34)13-20)16-27-29(37)36(17-19-9-11-22(12-10-19)30(38)39)31(41-27)35-24-7-2-1-3-8-24/h1-16H,17-18H2,(H,38,39)/b27-16-,35-31?. The van der Waals surface area contributed by atoms with E-state index in [4.69, 9.17) is 9.73 Å². The Morgan fingerprint density at radius 2 is 1.66 bits per heavy atom. The summed E-state index contributed by atoms with van der Waals surface area (Å²) in [5, 5.41) is 9.73. The number of ether oxygens (including phenoxy) is 1. The monoisotopic (exact) mass is 694 g/mol. The number of aliphatic imine (C=N–C) groups is 1. The lowest BCUT2D eigenvalue weighted by atomic mass is 10.1. The van der Waals surface area contributed by atoms with Gasteiger partial charge in [-0.15, -0.1) is 0 Å².